The summed E-state index contributed by atoms with van der Waals surface area (Å²) in [4.78, 5) is 24.9. The summed E-state index contributed by atoms with van der Waals surface area (Å²) < 4.78 is 5.23. The van der Waals surface area contributed by atoms with E-state index in [1.54, 1.807) is 0 Å². The third kappa shape index (κ3) is 2.51. The second-order valence-electron chi connectivity index (χ2n) is 4.16. The molecule has 2 fully saturated rings. The summed E-state index contributed by atoms with van der Waals surface area (Å²) in [6.45, 7) is 1.12. The van der Waals surface area contributed by atoms with Crippen LogP contribution in [0.1, 0.15) is 12.8 Å². The Morgan fingerprint density at radius 1 is 1.44 bits per heavy atom. The standard InChI is InChI=1S/C10H17N3O3/c11-5-9(14)13-3-4-16-6-8(13)10(15)12-7-1-2-7/h7-8H,1-6,11H2,(H,12,15). The van der Waals surface area contributed by atoms with Gasteiger partial charge >= 0.3 is 0 Å². The molecule has 0 spiro atoms. The highest BCUT2D eigenvalue weighted by molar-refractivity contribution is 5.88. The molecule has 1 saturated heterocycles. The van der Waals surface area contributed by atoms with E-state index in [2.05, 4.69) is 5.32 Å². The molecule has 1 unspecified atom stereocenters. The van der Waals surface area contributed by atoms with Gasteiger partial charge in [-0.2, -0.15) is 0 Å². The molecule has 0 aromatic carbocycles. The van der Waals surface area contributed by atoms with E-state index in [-0.39, 0.29) is 25.0 Å². The molecule has 1 heterocycles. The van der Waals surface area contributed by atoms with Crippen LogP contribution in [0.4, 0.5) is 0 Å². The van der Waals surface area contributed by atoms with Crippen molar-refractivity contribution in [2.45, 2.75) is 24.9 Å². The van der Waals surface area contributed by atoms with E-state index in [0.29, 0.717) is 19.2 Å². The Bertz CT molecular complexity index is 291. The molecule has 2 amide bonds. The van der Waals surface area contributed by atoms with Gasteiger partial charge in [-0.1, -0.05) is 0 Å². The molecule has 1 aliphatic heterocycles. The third-order valence-corrected chi connectivity index (χ3v) is 2.85. The fourth-order valence-electron chi connectivity index (χ4n) is 1.76. The largest absolute Gasteiger partial charge is 0.377 e. The Balaban J connectivity index is 1.96. The Hall–Kier alpha value is -1.14. The molecule has 16 heavy (non-hydrogen) atoms. The van der Waals surface area contributed by atoms with Crippen LogP contribution >= 0.6 is 0 Å². The molecular formula is C10H17N3O3. The van der Waals surface area contributed by atoms with E-state index in [1.807, 2.05) is 0 Å². The zero-order chi connectivity index (χ0) is 11.5. The van der Waals surface area contributed by atoms with Gasteiger partial charge in [-0.3, -0.25) is 9.59 Å². The maximum atomic E-state index is 11.9. The topological polar surface area (TPSA) is 84.7 Å². The number of carbonyl (C=O) groups is 2. The van der Waals surface area contributed by atoms with Gasteiger partial charge in [-0.25, -0.2) is 0 Å². The molecule has 3 N–H and O–H groups in total. The summed E-state index contributed by atoms with van der Waals surface area (Å²) in [6.07, 6.45) is 2.06. The van der Waals surface area contributed by atoms with Gasteiger partial charge in [0, 0.05) is 12.6 Å². The van der Waals surface area contributed by atoms with Crippen molar-refractivity contribution in [3.63, 3.8) is 0 Å². The predicted molar refractivity (Wildman–Crippen MR) is 56.5 cm³/mol. The number of rotatable bonds is 3. The van der Waals surface area contributed by atoms with Gasteiger partial charge in [0.15, 0.2) is 0 Å². The van der Waals surface area contributed by atoms with Crippen molar-refractivity contribution in [2.24, 2.45) is 5.73 Å². The van der Waals surface area contributed by atoms with Crippen molar-refractivity contribution >= 4 is 11.8 Å². The molecule has 0 bridgehead atoms. The van der Waals surface area contributed by atoms with Crippen LogP contribution in [0.5, 0.6) is 0 Å². The molecule has 0 radical (unpaired) electrons. The number of carbonyl (C=O) groups excluding carboxylic acids is 2. The third-order valence-electron chi connectivity index (χ3n) is 2.85. The van der Waals surface area contributed by atoms with Crippen molar-refractivity contribution in [1.82, 2.24) is 10.2 Å². The lowest BCUT2D eigenvalue weighted by atomic mass is 10.2. The maximum absolute atomic E-state index is 11.9. The van der Waals surface area contributed by atoms with Crippen LogP contribution in [0.25, 0.3) is 0 Å². The first kappa shape index (κ1) is 11.3. The Kier molecular flexibility index (Phi) is 3.40. The van der Waals surface area contributed by atoms with Gasteiger partial charge in [0.1, 0.15) is 6.04 Å². The highest BCUT2D eigenvalue weighted by Crippen LogP contribution is 2.19. The molecule has 1 aliphatic carbocycles. The second kappa shape index (κ2) is 4.80. The normalized spacial score (nSPS) is 25.3. The molecule has 0 aromatic heterocycles. The van der Waals surface area contributed by atoms with Crippen molar-refractivity contribution in [3.05, 3.63) is 0 Å². The number of hydrogen-bond donors (Lipinski definition) is 2. The van der Waals surface area contributed by atoms with E-state index in [1.165, 1.54) is 4.90 Å². The van der Waals surface area contributed by atoms with Crippen LogP contribution in [-0.4, -0.2) is 55.1 Å². The number of nitrogens with two attached hydrogens (primary N) is 1. The number of ether oxygens (including phenoxy) is 1. The van der Waals surface area contributed by atoms with Crippen LogP contribution in [0.3, 0.4) is 0 Å². The lowest BCUT2D eigenvalue weighted by Crippen LogP contribution is -2.57. The first-order valence-electron chi connectivity index (χ1n) is 5.60. The monoisotopic (exact) mass is 227 g/mol. The van der Waals surface area contributed by atoms with Crippen LogP contribution < -0.4 is 11.1 Å². The van der Waals surface area contributed by atoms with Crippen LogP contribution in [0, 0.1) is 0 Å². The Morgan fingerprint density at radius 3 is 2.81 bits per heavy atom. The average Bonchev–Trinajstić information content (AvgIpc) is 3.12. The van der Waals surface area contributed by atoms with E-state index in [0.717, 1.165) is 12.8 Å². The van der Waals surface area contributed by atoms with Crippen LogP contribution in [0.15, 0.2) is 0 Å². The van der Waals surface area contributed by atoms with E-state index >= 15 is 0 Å². The molecule has 2 rings (SSSR count). The minimum atomic E-state index is -0.509. The number of amides is 2. The molecule has 0 aromatic rings. The van der Waals surface area contributed by atoms with E-state index in [9.17, 15) is 9.59 Å². The molecule has 1 atom stereocenters. The minimum Gasteiger partial charge on any atom is -0.377 e. The molecular weight excluding hydrogens is 210 g/mol. The van der Waals surface area contributed by atoms with Gasteiger partial charge in [-0.05, 0) is 12.8 Å². The zero-order valence-corrected chi connectivity index (χ0v) is 9.15. The summed E-state index contributed by atoms with van der Waals surface area (Å²) in [5.41, 5.74) is 5.32. The van der Waals surface area contributed by atoms with Crippen molar-refractivity contribution in [1.29, 1.82) is 0 Å². The highest BCUT2D eigenvalue weighted by atomic mass is 16.5. The van der Waals surface area contributed by atoms with Gasteiger partial charge in [0.2, 0.25) is 11.8 Å². The summed E-state index contributed by atoms with van der Waals surface area (Å²) in [5, 5.41) is 2.88. The summed E-state index contributed by atoms with van der Waals surface area (Å²) in [6, 6.07) is -0.213. The maximum Gasteiger partial charge on any atom is 0.245 e. The SMILES string of the molecule is NCC(=O)N1CCOCC1C(=O)NC1CC1. The number of nitrogens with one attached hydrogen (secondary N) is 1. The fourth-order valence-corrected chi connectivity index (χ4v) is 1.76. The van der Waals surface area contributed by atoms with E-state index < -0.39 is 6.04 Å². The van der Waals surface area contributed by atoms with Crippen LogP contribution in [0.2, 0.25) is 0 Å². The smallest absolute Gasteiger partial charge is 0.245 e. The Morgan fingerprint density at radius 2 is 2.19 bits per heavy atom. The van der Waals surface area contributed by atoms with Gasteiger partial charge in [0.25, 0.3) is 0 Å². The first-order valence-corrected chi connectivity index (χ1v) is 5.60. The van der Waals surface area contributed by atoms with E-state index in [4.69, 9.17) is 10.5 Å². The predicted octanol–water partition coefficient (Wildman–Crippen LogP) is -1.55. The lowest BCUT2D eigenvalue weighted by Gasteiger charge is -2.34. The number of nitrogens with zero attached hydrogens (tertiary/aromatic N) is 1. The van der Waals surface area contributed by atoms with Crippen molar-refractivity contribution in [3.8, 4) is 0 Å². The second-order valence-corrected chi connectivity index (χ2v) is 4.16. The average molecular weight is 227 g/mol. The number of hydrogen-bond acceptors (Lipinski definition) is 4. The minimum absolute atomic E-state index is 0.0623. The molecule has 6 nitrogen and oxygen atoms in total. The lowest BCUT2D eigenvalue weighted by molar-refractivity contribution is -0.147. The molecule has 2 aliphatic rings. The first-order chi connectivity index (χ1) is 7.72. The summed E-state index contributed by atoms with van der Waals surface area (Å²) in [5.74, 6) is -0.316. The summed E-state index contributed by atoms with van der Waals surface area (Å²) >= 11 is 0. The molecule has 1 saturated carbocycles. The summed E-state index contributed by atoms with van der Waals surface area (Å²) in [7, 11) is 0. The van der Waals surface area contributed by atoms with Crippen LogP contribution in [-0.2, 0) is 14.3 Å². The van der Waals surface area contributed by atoms with Gasteiger partial charge in [-0.15, -0.1) is 0 Å². The fraction of sp³-hybridized carbons (Fsp3) is 0.800. The number of morpholine rings is 1. The van der Waals surface area contributed by atoms with Crippen molar-refractivity contribution in [2.75, 3.05) is 26.3 Å². The Labute approximate surface area is 94.1 Å². The zero-order valence-electron chi connectivity index (χ0n) is 9.15. The van der Waals surface area contributed by atoms with Gasteiger partial charge < -0.3 is 20.7 Å². The molecule has 90 valence electrons. The van der Waals surface area contributed by atoms with Gasteiger partial charge in [0.05, 0.1) is 19.8 Å². The quantitative estimate of drug-likeness (QED) is 0.611. The molecule has 6 heteroatoms. The van der Waals surface area contributed by atoms with Crippen molar-refractivity contribution < 1.29 is 14.3 Å². The highest BCUT2D eigenvalue weighted by Gasteiger charge is 2.34.